The van der Waals surface area contributed by atoms with Crippen molar-refractivity contribution < 1.29 is 9.90 Å². The Morgan fingerprint density at radius 1 is 1.04 bits per heavy atom. The molecule has 0 amide bonds. The van der Waals surface area contributed by atoms with Gasteiger partial charge in [0.25, 0.3) is 0 Å². The lowest BCUT2D eigenvalue weighted by Crippen LogP contribution is -2.51. The van der Waals surface area contributed by atoms with Gasteiger partial charge in [-0.25, -0.2) is 0 Å². The van der Waals surface area contributed by atoms with Crippen molar-refractivity contribution >= 4 is 5.78 Å². The molecule has 4 saturated carbocycles. The number of ketones is 1. The van der Waals surface area contributed by atoms with Crippen LogP contribution in [0, 0.1) is 40.9 Å². The molecule has 0 aromatic heterocycles. The summed E-state index contributed by atoms with van der Waals surface area (Å²) in [6.45, 7) is 6.75. The highest BCUT2D eigenvalue weighted by Gasteiger charge is 2.57. The summed E-state index contributed by atoms with van der Waals surface area (Å²) in [5.74, 6) is 5.03. The van der Waals surface area contributed by atoms with Crippen LogP contribution in [0.3, 0.4) is 0 Å². The van der Waals surface area contributed by atoms with Gasteiger partial charge in [-0.2, -0.15) is 0 Å². The summed E-state index contributed by atoms with van der Waals surface area (Å²) in [5.41, 5.74) is -0.379. The molecule has 0 saturated heterocycles. The smallest absolute Gasteiger partial charge is 0.139 e. The van der Waals surface area contributed by atoms with Gasteiger partial charge < -0.3 is 5.11 Å². The largest absolute Gasteiger partial charge is 0.390 e. The maximum atomic E-state index is 12.4. The number of hydrogen-bond donors (Lipinski definition) is 1. The van der Waals surface area contributed by atoms with Gasteiger partial charge in [0.2, 0.25) is 0 Å². The minimum absolute atomic E-state index is 0.0149. The van der Waals surface area contributed by atoms with Crippen molar-refractivity contribution in [3.63, 3.8) is 0 Å². The highest BCUT2D eigenvalue weighted by molar-refractivity contribution is 5.87. The standard InChI is InChI=1S/C22H36O2/c1-14(2)12-22(24)11-9-16-15(13-22)4-5-18-17(16)8-10-21(3)19(18)6-7-20(21)23/h14-19,24H,4-13H2,1-3H3/t15-,16+,17-,18-,19+,21+,22+/m1/s1. The van der Waals surface area contributed by atoms with Crippen LogP contribution in [0.4, 0.5) is 0 Å². The first kappa shape index (κ1) is 17.1. The normalized spacial score (nSPS) is 51.2. The molecule has 0 heterocycles. The fraction of sp³-hybridized carbons (Fsp3) is 0.955. The second-order valence-electron chi connectivity index (χ2n) is 10.4. The third-order valence-corrected chi connectivity index (χ3v) is 8.60. The predicted octanol–water partition coefficient (Wildman–Crippen LogP) is 4.99. The van der Waals surface area contributed by atoms with E-state index in [1.165, 1.54) is 25.7 Å². The zero-order chi connectivity index (χ0) is 17.1. The van der Waals surface area contributed by atoms with Crippen molar-refractivity contribution in [2.75, 3.05) is 0 Å². The highest BCUT2D eigenvalue weighted by atomic mass is 16.3. The maximum absolute atomic E-state index is 12.4. The molecular formula is C22H36O2. The third kappa shape index (κ3) is 2.59. The molecule has 0 bridgehead atoms. The molecule has 0 aliphatic heterocycles. The zero-order valence-corrected chi connectivity index (χ0v) is 15.9. The molecule has 0 spiro atoms. The summed E-state index contributed by atoms with van der Waals surface area (Å²) >= 11 is 0. The van der Waals surface area contributed by atoms with E-state index < -0.39 is 5.60 Å². The number of fused-ring (bicyclic) bond motifs is 5. The van der Waals surface area contributed by atoms with Gasteiger partial charge in [-0.15, -0.1) is 0 Å². The van der Waals surface area contributed by atoms with E-state index in [9.17, 15) is 9.90 Å². The van der Waals surface area contributed by atoms with Gasteiger partial charge in [-0.1, -0.05) is 20.8 Å². The lowest BCUT2D eigenvalue weighted by atomic mass is 9.49. The van der Waals surface area contributed by atoms with Crippen LogP contribution in [0.15, 0.2) is 0 Å². The van der Waals surface area contributed by atoms with Gasteiger partial charge in [0.15, 0.2) is 0 Å². The predicted molar refractivity (Wildman–Crippen MR) is 96.5 cm³/mol. The number of rotatable bonds is 2. The van der Waals surface area contributed by atoms with Gasteiger partial charge in [-0.05, 0) is 93.3 Å². The van der Waals surface area contributed by atoms with Crippen LogP contribution in [0.1, 0.15) is 85.0 Å². The molecule has 2 nitrogen and oxygen atoms in total. The monoisotopic (exact) mass is 332 g/mol. The van der Waals surface area contributed by atoms with Gasteiger partial charge in [0.05, 0.1) is 5.60 Å². The SMILES string of the molecule is CC(C)C[C@@]1(O)CC[C@H]2[C@H](CC[C@@H]3[C@@H]2CC[C@]2(C)C(=O)CC[C@@H]32)C1. The Balaban J connectivity index is 1.50. The van der Waals surface area contributed by atoms with E-state index >= 15 is 0 Å². The van der Waals surface area contributed by atoms with Crippen LogP contribution >= 0.6 is 0 Å². The molecule has 4 rings (SSSR count). The molecule has 0 aromatic carbocycles. The Morgan fingerprint density at radius 2 is 1.79 bits per heavy atom. The number of carbonyl (C=O) groups is 1. The molecule has 0 radical (unpaired) electrons. The van der Waals surface area contributed by atoms with Crippen LogP contribution in [0.5, 0.6) is 0 Å². The van der Waals surface area contributed by atoms with E-state index in [4.69, 9.17) is 0 Å². The average Bonchev–Trinajstić information content (AvgIpc) is 2.81. The molecule has 24 heavy (non-hydrogen) atoms. The summed E-state index contributed by atoms with van der Waals surface area (Å²) in [5, 5.41) is 11.1. The summed E-state index contributed by atoms with van der Waals surface area (Å²) in [6.07, 6.45) is 11.3. The maximum Gasteiger partial charge on any atom is 0.139 e. The van der Waals surface area contributed by atoms with Gasteiger partial charge >= 0.3 is 0 Å². The minimum atomic E-state index is -0.394. The fourth-order valence-corrected chi connectivity index (χ4v) is 7.68. The minimum Gasteiger partial charge on any atom is -0.390 e. The molecule has 7 atom stereocenters. The van der Waals surface area contributed by atoms with Crippen molar-refractivity contribution in [1.82, 2.24) is 0 Å². The Hall–Kier alpha value is -0.370. The summed E-state index contributed by atoms with van der Waals surface area (Å²) in [7, 11) is 0. The van der Waals surface area contributed by atoms with Crippen molar-refractivity contribution in [1.29, 1.82) is 0 Å². The van der Waals surface area contributed by atoms with Gasteiger partial charge in [-0.3, -0.25) is 4.79 Å². The van der Waals surface area contributed by atoms with Crippen molar-refractivity contribution in [3.05, 3.63) is 0 Å². The van der Waals surface area contributed by atoms with Crippen LogP contribution in [0.25, 0.3) is 0 Å². The summed E-state index contributed by atoms with van der Waals surface area (Å²) < 4.78 is 0. The number of hydrogen-bond acceptors (Lipinski definition) is 2. The zero-order valence-electron chi connectivity index (χ0n) is 15.9. The summed E-state index contributed by atoms with van der Waals surface area (Å²) in [6, 6.07) is 0. The fourth-order valence-electron chi connectivity index (χ4n) is 7.68. The molecule has 4 aliphatic rings. The van der Waals surface area contributed by atoms with E-state index in [1.54, 1.807) is 0 Å². The first-order valence-corrected chi connectivity index (χ1v) is 10.6. The molecule has 4 aliphatic carbocycles. The lowest BCUT2D eigenvalue weighted by Gasteiger charge is -2.56. The number of aliphatic hydroxyl groups is 1. The molecule has 0 aromatic rings. The average molecular weight is 333 g/mol. The number of Topliss-reactive ketones (excluding diaryl/α,β-unsaturated/α-hetero) is 1. The molecule has 1 N–H and O–H groups in total. The number of carbonyl (C=O) groups excluding carboxylic acids is 1. The molecule has 4 fully saturated rings. The first-order chi connectivity index (χ1) is 11.3. The topological polar surface area (TPSA) is 37.3 Å². The van der Waals surface area contributed by atoms with Crippen LogP contribution < -0.4 is 0 Å². The second kappa shape index (κ2) is 5.83. The summed E-state index contributed by atoms with van der Waals surface area (Å²) in [4.78, 5) is 12.4. The van der Waals surface area contributed by atoms with Crippen LogP contribution in [0.2, 0.25) is 0 Å². The van der Waals surface area contributed by atoms with E-state index in [1.807, 2.05) is 0 Å². The quantitative estimate of drug-likeness (QED) is 0.774. The van der Waals surface area contributed by atoms with Crippen LogP contribution in [-0.4, -0.2) is 16.5 Å². The van der Waals surface area contributed by atoms with Gasteiger partial charge in [0, 0.05) is 11.8 Å². The molecule has 136 valence electrons. The third-order valence-electron chi connectivity index (χ3n) is 8.60. The molecule has 0 unspecified atom stereocenters. The Kier molecular flexibility index (Phi) is 4.14. The molecular weight excluding hydrogens is 296 g/mol. The molecule has 2 heteroatoms. The first-order valence-electron chi connectivity index (χ1n) is 10.6. The van der Waals surface area contributed by atoms with Crippen molar-refractivity contribution in [2.24, 2.45) is 40.9 Å². The Labute approximate surface area is 147 Å². The van der Waals surface area contributed by atoms with E-state index in [0.29, 0.717) is 17.6 Å². The second-order valence-corrected chi connectivity index (χ2v) is 10.4. The van der Waals surface area contributed by atoms with Crippen molar-refractivity contribution in [3.8, 4) is 0 Å². The van der Waals surface area contributed by atoms with E-state index in [-0.39, 0.29) is 5.41 Å². The lowest BCUT2D eigenvalue weighted by molar-refractivity contribution is -0.136. The Bertz CT molecular complexity index is 512. The van der Waals surface area contributed by atoms with Crippen LogP contribution in [-0.2, 0) is 4.79 Å². The van der Waals surface area contributed by atoms with E-state index in [2.05, 4.69) is 20.8 Å². The Morgan fingerprint density at radius 3 is 2.54 bits per heavy atom. The van der Waals surface area contributed by atoms with E-state index in [0.717, 1.165) is 62.2 Å². The highest BCUT2D eigenvalue weighted by Crippen LogP contribution is 2.62. The van der Waals surface area contributed by atoms with Crippen molar-refractivity contribution in [2.45, 2.75) is 90.6 Å². The van der Waals surface area contributed by atoms with Gasteiger partial charge in [0.1, 0.15) is 5.78 Å².